The van der Waals surface area contributed by atoms with E-state index in [1.54, 1.807) is 13.2 Å². The molecule has 1 heterocycles. The molecule has 0 bridgehead atoms. The molecule has 2 aromatic rings. The maximum Gasteiger partial charge on any atom is 0.225 e. The second-order valence-corrected chi connectivity index (χ2v) is 4.78. The number of ether oxygens (including phenoxy) is 1. The van der Waals surface area contributed by atoms with E-state index in [-0.39, 0.29) is 0 Å². The Hall–Kier alpha value is -1.82. The number of methoxy groups -OCH3 is 1. The Morgan fingerprint density at radius 3 is 2.63 bits per heavy atom. The summed E-state index contributed by atoms with van der Waals surface area (Å²) >= 11 is 3.28. The van der Waals surface area contributed by atoms with E-state index in [9.17, 15) is 0 Å². The molecular weight excluding hydrogens is 308 g/mol. The lowest BCUT2D eigenvalue weighted by molar-refractivity contribution is 0.414. The quantitative estimate of drug-likeness (QED) is 0.827. The number of nitrogen functional groups attached to an aromatic ring is 1. The molecular formula is C13H15BrN4O. The number of benzene rings is 1. The van der Waals surface area contributed by atoms with Gasteiger partial charge in [-0.2, -0.15) is 4.98 Å². The number of rotatable bonds is 5. The number of halogens is 1. The highest BCUT2D eigenvalue weighted by Gasteiger charge is 2.00. The molecule has 5 nitrogen and oxygen atoms in total. The highest BCUT2D eigenvalue weighted by molar-refractivity contribution is 9.10. The number of nitrogens with zero attached hydrogens (tertiary/aromatic N) is 2. The van der Waals surface area contributed by atoms with Gasteiger partial charge >= 0.3 is 0 Å². The molecule has 6 heteroatoms. The van der Waals surface area contributed by atoms with Gasteiger partial charge in [-0.05, 0) is 40.0 Å². The summed E-state index contributed by atoms with van der Waals surface area (Å²) in [6.45, 7) is 0.738. The Labute approximate surface area is 120 Å². The topological polar surface area (TPSA) is 73.1 Å². The van der Waals surface area contributed by atoms with E-state index in [4.69, 9.17) is 10.5 Å². The maximum absolute atomic E-state index is 5.64. The number of aromatic nitrogens is 2. The summed E-state index contributed by atoms with van der Waals surface area (Å²) in [7, 11) is 1.66. The fraction of sp³-hybridized carbons (Fsp3) is 0.231. The van der Waals surface area contributed by atoms with Gasteiger partial charge in [0.1, 0.15) is 16.2 Å². The molecule has 0 aliphatic carbocycles. The Morgan fingerprint density at radius 1 is 1.26 bits per heavy atom. The largest absolute Gasteiger partial charge is 0.497 e. The van der Waals surface area contributed by atoms with Crippen LogP contribution in [0.1, 0.15) is 5.56 Å². The molecule has 0 unspecified atom stereocenters. The molecule has 1 aromatic heterocycles. The van der Waals surface area contributed by atoms with Crippen LogP contribution in [-0.2, 0) is 6.42 Å². The van der Waals surface area contributed by atoms with Crippen molar-refractivity contribution in [1.82, 2.24) is 9.97 Å². The normalized spacial score (nSPS) is 10.2. The second kappa shape index (κ2) is 6.38. The summed E-state index contributed by atoms with van der Waals surface area (Å²) in [6.07, 6.45) is 0.875. The van der Waals surface area contributed by atoms with Crippen molar-refractivity contribution >= 4 is 27.7 Å². The molecule has 0 aliphatic rings. The van der Waals surface area contributed by atoms with Crippen LogP contribution in [0.15, 0.2) is 34.9 Å². The van der Waals surface area contributed by atoms with Crippen LogP contribution in [0.5, 0.6) is 5.75 Å². The molecule has 19 heavy (non-hydrogen) atoms. The molecule has 0 fully saturated rings. The lowest BCUT2D eigenvalue weighted by Crippen LogP contribution is -2.09. The van der Waals surface area contributed by atoms with Crippen molar-refractivity contribution in [2.24, 2.45) is 0 Å². The van der Waals surface area contributed by atoms with Crippen LogP contribution >= 0.6 is 15.9 Å². The first kappa shape index (κ1) is 13.6. The summed E-state index contributed by atoms with van der Waals surface area (Å²) in [4.78, 5) is 8.29. The fourth-order valence-electron chi connectivity index (χ4n) is 1.62. The van der Waals surface area contributed by atoms with Gasteiger partial charge in [-0.15, -0.1) is 0 Å². The zero-order valence-corrected chi connectivity index (χ0v) is 12.1. The van der Waals surface area contributed by atoms with E-state index in [1.807, 2.05) is 24.3 Å². The van der Waals surface area contributed by atoms with Gasteiger partial charge < -0.3 is 15.8 Å². The van der Waals surface area contributed by atoms with Crippen molar-refractivity contribution in [1.29, 1.82) is 0 Å². The van der Waals surface area contributed by atoms with Crippen LogP contribution in [0.25, 0.3) is 0 Å². The lowest BCUT2D eigenvalue weighted by Gasteiger charge is -2.06. The Morgan fingerprint density at radius 2 is 2.00 bits per heavy atom. The third-order valence-corrected chi connectivity index (χ3v) is 2.98. The van der Waals surface area contributed by atoms with Crippen LogP contribution in [0.4, 0.5) is 11.8 Å². The van der Waals surface area contributed by atoms with Crippen LogP contribution in [-0.4, -0.2) is 23.6 Å². The SMILES string of the molecule is COc1ccc(CCNc2nc(N)cc(Br)n2)cc1. The number of nitrogens with two attached hydrogens (primary N) is 1. The molecule has 100 valence electrons. The third kappa shape index (κ3) is 4.10. The molecule has 0 atom stereocenters. The van der Waals surface area contributed by atoms with Crippen LogP contribution in [0, 0.1) is 0 Å². The first-order valence-corrected chi connectivity index (χ1v) is 6.63. The molecule has 0 radical (unpaired) electrons. The monoisotopic (exact) mass is 322 g/mol. The smallest absolute Gasteiger partial charge is 0.225 e. The first-order chi connectivity index (χ1) is 9.17. The molecule has 1 aromatic carbocycles. The predicted molar refractivity (Wildman–Crippen MR) is 79.3 cm³/mol. The minimum Gasteiger partial charge on any atom is -0.497 e. The molecule has 0 amide bonds. The van der Waals surface area contributed by atoms with E-state index in [0.717, 1.165) is 18.7 Å². The summed E-state index contributed by atoms with van der Waals surface area (Å²) < 4.78 is 5.79. The Bertz CT molecular complexity index is 525. The van der Waals surface area contributed by atoms with Gasteiger partial charge in [-0.25, -0.2) is 4.98 Å². The minimum absolute atomic E-state index is 0.439. The summed E-state index contributed by atoms with van der Waals surface area (Å²) in [6, 6.07) is 9.63. The predicted octanol–water partition coefficient (Wildman–Crippen LogP) is 2.48. The van der Waals surface area contributed by atoms with Gasteiger partial charge in [0.15, 0.2) is 0 Å². The minimum atomic E-state index is 0.439. The van der Waals surface area contributed by atoms with E-state index < -0.39 is 0 Å². The number of hydrogen-bond acceptors (Lipinski definition) is 5. The van der Waals surface area contributed by atoms with E-state index in [0.29, 0.717) is 16.4 Å². The summed E-state index contributed by atoms with van der Waals surface area (Å²) in [5.74, 6) is 1.83. The highest BCUT2D eigenvalue weighted by atomic mass is 79.9. The molecule has 0 aliphatic heterocycles. The first-order valence-electron chi connectivity index (χ1n) is 5.84. The fourth-order valence-corrected chi connectivity index (χ4v) is 2.03. The van der Waals surface area contributed by atoms with Crippen molar-refractivity contribution in [2.75, 3.05) is 24.7 Å². The number of hydrogen-bond donors (Lipinski definition) is 2. The van der Waals surface area contributed by atoms with Gasteiger partial charge in [0.25, 0.3) is 0 Å². The molecule has 0 spiro atoms. The molecule has 0 saturated carbocycles. The average Bonchev–Trinajstić information content (AvgIpc) is 2.38. The third-order valence-electron chi connectivity index (χ3n) is 2.57. The van der Waals surface area contributed by atoms with E-state index >= 15 is 0 Å². The van der Waals surface area contributed by atoms with Crippen molar-refractivity contribution in [3.05, 3.63) is 40.5 Å². The van der Waals surface area contributed by atoms with Crippen molar-refractivity contribution in [3.63, 3.8) is 0 Å². The number of nitrogens with one attached hydrogen (secondary N) is 1. The van der Waals surface area contributed by atoms with E-state index in [1.165, 1.54) is 5.56 Å². The van der Waals surface area contributed by atoms with Gasteiger partial charge in [0, 0.05) is 12.6 Å². The number of anilines is 2. The van der Waals surface area contributed by atoms with E-state index in [2.05, 4.69) is 31.2 Å². The van der Waals surface area contributed by atoms with Crippen LogP contribution in [0.3, 0.4) is 0 Å². The lowest BCUT2D eigenvalue weighted by atomic mass is 10.1. The zero-order chi connectivity index (χ0) is 13.7. The van der Waals surface area contributed by atoms with Crippen LogP contribution < -0.4 is 15.8 Å². The zero-order valence-electron chi connectivity index (χ0n) is 10.6. The maximum atomic E-state index is 5.64. The molecule has 2 rings (SSSR count). The average molecular weight is 323 g/mol. The van der Waals surface area contributed by atoms with Crippen molar-refractivity contribution in [2.45, 2.75) is 6.42 Å². The Kier molecular flexibility index (Phi) is 4.57. The van der Waals surface area contributed by atoms with Crippen LogP contribution in [0.2, 0.25) is 0 Å². The van der Waals surface area contributed by atoms with Crippen molar-refractivity contribution < 1.29 is 4.74 Å². The van der Waals surface area contributed by atoms with Crippen molar-refractivity contribution in [3.8, 4) is 5.75 Å². The Balaban J connectivity index is 1.88. The second-order valence-electron chi connectivity index (χ2n) is 3.96. The molecule has 3 N–H and O–H groups in total. The van der Waals surface area contributed by atoms with Gasteiger partial charge in [0.2, 0.25) is 5.95 Å². The summed E-state index contributed by atoms with van der Waals surface area (Å²) in [5, 5.41) is 3.14. The standard InChI is InChI=1S/C13H15BrN4O/c1-19-10-4-2-9(3-5-10)6-7-16-13-17-11(14)8-12(15)18-13/h2-5,8H,6-7H2,1H3,(H3,15,16,17,18). The van der Waals surface area contributed by atoms with Gasteiger partial charge in [-0.3, -0.25) is 0 Å². The highest BCUT2D eigenvalue weighted by Crippen LogP contribution is 2.13. The van der Waals surface area contributed by atoms with Gasteiger partial charge in [0.05, 0.1) is 7.11 Å². The molecule has 0 saturated heterocycles. The summed E-state index contributed by atoms with van der Waals surface area (Å²) in [5.41, 5.74) is 6.86. The van der Waals surface area contributed by atoms with Gasteiger partial charge in [-0.1, -0.05) is 12.1 Å².